The molecule has 2 amide bonds. The number of benzene rings is 1. The molecule has 19 heteroatoms. The Hall–Kier alpha value is -4.89. The third kappa shape index (κ3) is 16.8. The first-order chi connectivity index (χ1) is 36.4. The van der Waals surface area contributed by atoms with Gasteiger partial charge in [-0.05, 0) is 119 Å². The largest absolute Gasteiger partial charge is 0.460 e. The molecule has 1 aromatic carbocycles. The van der Waals surface area contributed by atoms with Gasteiger partial charge >= 0.3 is 12.1 Å². The fourth-order valence-electron chi connectivity index (χ4n) is 11.2. The van der Waals surface area contributed by atoms with Crippen molar-refractivity contribution in [2.45, 2.75) is 185 Å². The van der Waals surface area contributed by atoms with E-state index < -0.39 is 112 Å². The van der Waals surface area contributed by atoms with Crippen LogP contribution in [-0.2, 0) is 62.4 Å². The summed E-state index contributed by atoms with van der Waals surface area (Å²) in [6.45, 7) is 12.5. The molecule has 428 valence electrons. The molecule has 0 aromatic heterocycles. The zero-order chi connectivity index (χ0) is 56.8. The Balaban J connectivity index is 1.43. The van der Waals surface area contributed by atoms with Gasteiger partial charge in [0.1, 0.15) is 36.2 Å². The third-order valence-electron chi connectivity index (χ3n) is 16.0. The van der Waals surface area contributed by atoms with Crippen molar-refractivity contribution in [1.29, 1.82) is 0 Å². The molecule has 1 aromatic rings. The number of hydrogen-bond donors (Lipinski definition) is 3. The minimum Gasteiger partial charge on any atom is -0.460 e. The number of allylic oxidation sites excluding steroid dienone is 6. The topological polar surface area (TPSA) is 248 Å². The van der Waals surface area contributed by atoms with Gasteiger partial charge in [0.05, 0.1) is 23.2 Å². The van der Waals surface area contributed by atoms with Crippen molar-refractivity contribution in [3.05, 3.63) is 77.9 Å². The maximum absolute atomic E-state index is 14.6. The second kappa shape index (κ2) is 28.8. The lowest BCUT2D eigenvalue weighted by Gasteiger charge is -2.42. The van der Waals surface area contributed by atoms with Crippen LogP contribution in [0.3, 0.4) is 0 Å². The number of nitrogens with one attached hydrogen (secondary N) is 1. The smallest absolute Gasteiger partial charge is 0.421 e. The molecule has 3 aliphatic heterocycles. The van der Waals surface area contributed by atoms with Crippen LogP contribution in [0, 0.1) is 35.5 Å². The van der Waals surface area contributed by atoms with E-state index in [1.807, 2.05) is 55.9 Å². The average molecular weight is 1100 g/mol. The van der Waals surface area contributed by atoms with E-state index in [1.165, 1.54) is 38.5 Å². The third-order valence-corrected chi connectivity index (χ3v) is 17.3. The molecule has 15 atom stereocenters. The number of rotatable bonds is 9. The van der Waals surface area contributed by atoms with Crippen molar-refractivity contribution in [1.82, 2.24) is 9.62 Å². The Morgan fingerprint density at radius 3 is 2.25 bits per heavy atom. The summed E-state index contributed by atoms with van der Waals surface area (Å²) in [7, 11) is 0.174. The Bertz CT molecular complexity index is 2440. The molecule has 1 aliphatic carbocycles. The number of Topliss-reactive ketones (excluding diaryl/α,β-unsaturated/α-hetero) is 3. The van der Waals surface area contributed by atoms with Crippen molar-refractivity contribution in [2.24, 2.45) is 35.5 Å². The summed E-state index contributed by atoms with van der Waals surface area (Å²) in [5.74, 6) is -8.88. The summed E-state index contributed by atoms with van der Waals surface area (Å²) in [6, 6.07) is 6.19. The molecule has 3 N–H and O–H groups in total. The van der Waals surface area contributed by atoms with Crippen LogP contribution >= 0.6 is 0 Å². The number of nitrogens with zero attached hydrogens (tertiary/aromatic N) is 1. The predicted molar refractivity (Wildman–Crippen MR) is 286 cm³/mol. The van der Waals surface area contributed by atoms with E-state index in [4.69, 9.17) is 28.4 Å². The maximum Gasteiger partial charge on any atom is 0.421 e. The van der Waals surface area contributed by atoms with E-state index in [0.29, 0.717) is 63.4 Å². The number of ketones is 3. The summed E-state index contributed by atoms with van der Waals surface area (Å²) < 4.78 is 62.9. The molecule has 5 rings (SSSR count). The number of aliphatic hydroxyl groups excluding tert-OH is 1. The molecule has 2 bridgehead atoms. The van der Waals surface area contributed by atoms with Crippen LogP contribution in [0.4, 0.5) is 4.79 Å². The van der Waals surface area contributed by atoms with Crippen LogP contribution in [0.5, 0.6) is 0 Å². The number of carbonyl (C=O) groups is 6. The number of fused-ring (bicyclic) bond motifs is 3. The van der Waals surface area contributed by atoms with Crippen molar-refractivity contribution >= 4 is 45.3 Å². The van der Waals surface area contributed by atoms with E-state index in [-0.39, 0.29) is 54.1 Å². The minimum absolute atomic E-state index is 0.0167. The first kappa shape index (κ1) is 62.9. The molecule has 0 radical (unpaired) electrons. The van der Waals surface area contributed by atoms with Crippen LogP contribution in [0.1, 0.15) is 126 Å². The highest BCUT2D eigenvalue weighted by atomic mass is 32.2. The number of ether oxygens (including phenoxy) is 6. The van der Waals surface area contributed by atoms with Gasteiger partial charge in [0, 0.05) is 58.5 Å². The number of piperidine rings is 1. The van der Waals surface area contributed by atoms with Crippen molar-refractivity contribution in [2.75, 3.05) is 27.9 Å². The molecule has 3 heterocycles. The lowest BCUT2D eigenvalue weighted by Crippen LogP contribution is -2.61. The number of cyclic esters (lactones) is 1. The van der Waals surface area contributed by atoms with Crippen molar-refractivity contribution in [3.8, 4) is 0 Å². The number of methoxy groups -OCH3 is 3. The van der Waals surface area contributed by atoms with Crippen LogP contribution in [0.25, 0.3) is 0 Å². The highest BCUT2D eigenvalue weighted by Gasteiger charge is 2.53. The molecule has 0 spiro atoms. The second-order valence-electron chi connectivity index (χ2n) is 21.9. The van der Waals surface area contributed by atoms with Crippen LogP contribution in [-0.4, -0.2) is 141 Å². The van der Waals surface area contributed by atoms with Gasteiger partial charge in [0.2, 0.25) is 5.79 Å². The number of esters is 1. The Morgan fingerprint density at radius 2 is 1.57 bits per heavy atom. The summed E-state index contributed by atoms with van der Waals surface area (Å²) in [5, 5.41) is 23.6. The van der Waals surface area contributed by atoms with Crippen molar-refractivity contribution < 1.29 is 75.8 Å². The summed E-state index contributed by atoms with van der Waals surface area (Å²) >= 11 is 0. The molecule has 77 heavy (non-hydrogen) atoms. The fourth-order valence-corrected chi connectivity index (χ4v) is 12.1. The maximum atomic E-state index is 14.6. The van der Waals surface area contributed by atoms with Gasteiger partial charge in [-0.3, -0.25) is 19.2 Å². The first-order valence-corrected chi connectivity index (χ1v) is 28.7. The van der Waals surface area contributed by atoms with Crippen molar-refractivity contribution in [3.63, 3.8) is 0 Å². The summed E-state index contributed by atoms with van der Waals surface area (Å²) in [4.78, 5) is 85.4. The summed E-state index contributed by atoms with van der Waals surface area (Å²) in [6.07, 6.45) is 7.84. The molecular weight excluding hydrogens is 1010 g/mol. The number of sulfonamides is 1. The molecule has 2 saturated heterocycles. The molecular formula is C58H84N2O16S. The summed E-state index contributed by atoms with van der Waals surface area (Å²) in [5.41, 5.74) is 1.19. The van der Waals surface area contributed by atoms with Gasteiger partial charge in [0.25, 0.3) is 21.7 Å². The number of amides is 2. The normalized spacial score (nSPS) is 36.0. The second-order valence-corrected chi connectivity index (χ2v) is 23.6. The minimum atomic E-state index is -4.20. The van der Waals surface area contributed by atoms with Gasteiger partial charge in [-0.1, -0.05) is 89.3 Å². The lowest BCUT2D eigenvalue weighted by molar-refractivity contribution is -0.265. The SMILES string of the molecule is CO[C@H]1C[C@@H]2CC[C@@H](C)[C@@](O)(O2)C(=O)C(=O)N2CCCC[C@H]2C(=O)O[C@H]([C@H](C)CC2CC[C@@H](OC(=O)NS(=O)(=O)c3ccccc3)[C@H](OC)C2)CC(=O)[C@H](C)/C=C(\C)[C@@H](O)[C@@H](OC)C(=O)[C@H](C)C[C@H](C)/C=C/C=C/C=C/1C. The molecule has 3 fully saturated rings. The molecule has 4 aliphatic rings. The van der Waals surface area contributed by atoms with E-state index in [9.17, 15) is 47.4 Å². The molecule has 1 unspecified atom stereocenters. The van der Waals surface area contributed by atoms with Gasteiger partial charge in [-0.25, -0.2) is 22.7 Å². The molecule has 18 nitrogen and oxygen atoms in total. The van der Waals surface area contributed by atoms with Crippen LogP contribution < -0.4 is 4.72 Å². The van der Waals surface area contributed by atoms with Gasteiger partial charge in [-0.15, -0.1) is 0 Å². The number of hydrogen-bond acceptors (Lipinski definition) is 16. The first-order valence-electron chi connectivity index (χ1n) is 27.2. The Morgan fingerprint density at radius 1 is 0.857 bits per heavy atom. The quantitative estimate of drug-likeness (QED) is 0.125. The molecule has 1 saturated carbocycles. The predicted octanol–water partition coefficient (Wildman–Crippen LogP) is 7.30. The monoisotopic (exact) mass is 1100 g/mol. The highest BCUT2D eigenvalue weighted by molar-refractivity contribution is 7.90. The van der Waals surface area contributed by atoms with Gasteiger partial charge in [-0.2, -0.15) is 0 Å². The van der Waals surface area contributed by atoms with E-state index in [0.717, 1.165) is 10.5 Å². The zero-order valence-corrected chi connectivity index (χ0v) is 47.4. The van der Waals surface area contributed by atoms with Crippen LogP contribution in [0.2, 0.25) is 0 Å². The van der Waals surface area contributed by atoms with Crippen LogP contribution in [0.15, 0.2) is 82.8 Å². The van der Waals surface area contributed by atoms with E-state index >= 15 is 0 Å². The van der Waals surface area contributed by atoms with Gasteiger partial charge in [0.15, 0.2) is 5.78 Å². The van der Waals surface area contributed by atoms with E-state index in [1.54, 1.807) is 46.9 Å². The zero-order valence-electron chi connectivity index (χ0n) is 46.6. The Labute approximate surface area is 455 Å². The van der Waals surface area contributed by atoms with E-state index in [2.05, 4.69) is 0 Å². The average Bonchev–Trinajstić information content (AvgIpc) is 3.42. The standard InChI is InChI=1S/C58H84N2O16S/c1-35-19-13-11-14-20-36(2)48(71-8)33-43-26-24-41(7)58(68,76-43)54(64)55(65)60-28-18-17-23-45(60)56(66)74-49(34-46(61)37(3)30-40(6)52(63)53(73-10)51(62)39(5)29-35)38(4)31-42-25-27-47(50(32-42)72-9)75-57(67)59-77(69,70)44-21-15-12-16-22-44/h11-16,19-22,30,35,37-39,41-43,45,47-50,52-53,63,68H,17-18,23-29,31-34H2,1-10H3,(H,59,67)/b14-11+,19-13+,36-20+,40-30+/t35-,37-,38-,39-,41-,42?,43+,45+,47-,48+,49+,50-,52-,53+,58-/m1/s1. The highest BCUT2D eigenvalue weighted by Crippen LogP contribution is 2.38. The fraction of sp³-hybridized carbons (Fsp3) is 0.655. The number of aliphatic hydroxyl groups is 2. The Kier molecular flexibility index (Phi) is 23.6. The lowest BCUT2D eigenvalue weighted by atomic mass is 9.78. The number of carbonyl (C=O) groups excluding carboxylic acids is 6. The van der Waals surface area contributed by atoms with Gasteiger partial charge < -0.3 is 43.5 Å².